The summed E-state index contributed by atoms with van der Waals surface area (Å²) in [4.78, 5) is 31.7. The number of methoxy groups -OCH3 is 1. The number of imidazole rings is 1. The molecule has 0 atom stereocenters. The average molecular weight is 611 g/mol. The summed E-state index contributed by atoms with van der Waals surface area (Å²) in [5.74, 6) is 1.60. The molecule has 0 bridgehead atoms. The second kappa shape index (κ2) is 14.0. The van der Waals surface area contributed by atoms with E-state index in [-0.39, 0.29) is 5.97 Å². The first kappa shape index (κ1) is 29.8. The molecule has 0 aliphatic carbocycles. The normalized spacial score (nSPS) is 14.1. The number of carbonyl (C=O) groups is 1. The molecule has 1 aliphatic heterocycles. The van der Waals surface area contributed by atoms with E-state index in [0.717, 1.165) is 49.2 Å². The van der Waals surface area contributed by atoms with Gasteiger partial charge < -0.3 is 19.4 Å². The molecule has 0 saturated carbocycles. The molecular formula is C30H33Cl2N7O3. The Hall–Kier alpha value is -3.73. The van der Waals surface area contributed by atoms with Crippen LogP contribution < -0.4 is 10.1 Å². The topological polar surface area (TPSA) is 107 Å². The van der Waals surface area contributed by atoms with Gasteiger partial charge in [-0.3, -0.25) is 9.69 Å². The Morgan fingerprint density at radius 1 is 1.05 bits per heavy atom. The van der Waals surface area contributed by atoms with Crippen LogP contribution in [0.3, 0.4) is 0 Å². The van der Waals surface area contributed by atoms with E-state index in [1.54, 1.807) is 24.8 Å². The van der Waals surface area contributed by atoms with E-state index >= 15 is 0 Å². The Morgan fingerprint density at radius 2 is 1.79 bits per heavy atom. The lowest BCUT2D eigenvalue weighted by atomic mass is 9.93. The van der Waals surface area contributed by atoms with Gasteiger partial charge in [0, 0.05) is 66.5 Å². The van der Waals surface area contributed by atoms with Crippen LogP contribution in [0.4, 0.5) is 5.95 Å². The molecule has 3 aromatic heterocycles. The number of anilines is 1. The first-order valence-electron chi connectivity index (χ1n) is 13.8. The van der Waals surface area contributed by atoms with E-state index in [2.05, 4.69) is 25.2 Å². The molecule has 1 N–H and O–H groups in total. The third-order valence-corrected chi connectivity index (χ3v) is 7.68. The third-order valence-electron chi connectivity index (χ3n) is 7.25. The van der Waals surface area contributed by atoms with Crippen LogP contribution in [0.2, 0.25) is 10.0 Å². The highest BCUT2D eigenvalue weighted by Gasteiger charge is 2.22. The fourth-order valence-corrected chi connectivity index (χ4v) is 5.51. The summed E-state index contributed by atoms with van der Waals surface area (Å²) in [6.07, 6.45) is 10.0. The minimum atomic E-state index is -0.147. The number of hydrogen-bond donors (Lipinski definition) is 1. The average Bonchev–Trinajstić information content (AvgIpc) is 3.38. The summed E-state index contributed by atoms with van der Waals surface area (Å²) in [5.41, 5.74) is 3.64. The molecule has 42 heavy (non-hydrogen) atoms. The number of aryl methyl sites for hydroxylation is 1. The van der Waals surface area contributed by atoms with Gasteiger partial charge in [-0.05, 0) is 61.7 Å². The highest BCUT2D eigenvalue weighted by atomic mass is 35.5. The largest absolute Gasteiger partial charge is 0.469 e. The van der Waals surface area contributed by atoms with Crippen molar-refractivity contribution in [3.8, 4) is 22.9 Å². The maximum absolute atomic E-state index is 11.7. The van der Waals surface area contributed by atoms with E-state index in [9.17, 15) is 4.79 Å². The zero-order valence-electron chi connectivity index (χ0n) is 23.6. The van der Waals surface area contributed by atoms with Crippen molar-refractivity contribution in [2.24, 2.45) is 13.0 Å². The lowest BCUT2D eigenvalue weighted by molar-refractivity contribution is -0.142. The van der Waals surface area contributed by atoms with Crippen molar-refractivity contribution < 1.29 is 14.3 Å². The molecule has 1 aromatic carbocycles. The maximum atomic E-state index is 11.7. The van der Waals surface area contributed by atoms with Crippen LogP contribution in [-0.4, -0.2) is 62.1 Å². The van der Waals surface area contributed by atoms with Gasteiger partial charge in [0.1, 0.15) is 0 Å². The predicted octanol–water partition coefficient (Wildman–Crippen LogP) is 5.80. The number of aromatic nitrogens is 5. The second-order valence-corrected chi connectivity index (χ2v) is 11.2. The van der Waals surface area contributed by atoms with Crippen molar-refractivity contribution in [3.63, 3.8) is 0 Å². The first-order chi connectivity index (χ1) is 20.3. The SMILES string of the molecule is COC(=O)CC1CCN(Cc2cc(Oc3cnc(NCCc4cncn4C)nc3)nc(-c3cc(Cl)cc(Cl)c3)c2)CC1. The Bertz CT molecular complexity index is 1490. The summed E-state index contributed by atoms with van der Waals surface area (Å²) in [6.45, 7) is 3.17. The van der Waals surface area contributed by atoms with Crippen LogP contribution in [-0.2, 0) is 29.5 Å². The third kappa shape index (κ3) is 8.18. The smallest absolute Gasteiger partial charge is 0.305 e. The standard InChI is InChI=1S/C30H33Cl2N7O3/c1-38-19-33-15-25(38)3-6-34-30-35-16-26(17-36-30)42-28-10-21(9-27(37-28)22-12-23(31)14-24(32)13-22)18-39-7-4-20(5-8-39)11-29(40)41-2/h9-10,12-17,19-20H,3-8,11,18H2,1-2H3,(H,34,35,36). The quantitative estimate of drug-likeness (QED) is 0.211. The molecule has 0 amide bonds. The lowest BCUT2D eigenvalue weighted by Crippen LogP contribution is -2.34. The van der Waals surface area contributed by atoms with Gasteiger partial charge in [0.2, 0.25) is 11.8 Å². The molecule has 1 aliphatic rings. The minimum absolute atomic E-state index is 0.147. The van der Waals surface area contributed by atoms with Gasteiger partial charge in [-0.2, -0.15) is 0 Å². The van der Waals surface area contributed by atoms with Crippen LogP contribution in [0.1, 0.15) is 30.5 Å². The molecule has 4 aromatic rings. The molecule has 10 nitrogen and oxygen atoms in total. The van der Waals surface area contributed by atoms with Crippen LogP contribution in [0.25, 0.3) is 11.3 Å². The van der Waals surface area contributed by atoms with E-state index in [1.165, 1.54) is 7.11 Å². The molecule has 1 fully saturated rings. The van der Waals surface area contributed by atoms with Gasteiger partial charge in [-0.1, -0.05) is 23.2 Å². The fourth-order valence-electron chi connectivity index (χ4n) is 4.99. The summed E-state index contributed by atoms with van der Waals surface area (Å²) in [7, 11) is 3.41. The van der Waals surface area contributed by atoms with Gasteiger partial charge in [0.25, 0.3) is 0 Å². The van der Waals surface area contributed by atoms with Crippen molar-refractivity contribution in [2.75, 3.05) is 32.1 Å². The number of likely N-dealkylation sites (tertiary alicyclic amines) is 1. The zero-order valence-corrected chi connectivity index (χ0v) is 25.1. The molecular weight excluding hydrogens is 577 g/mol. The number of esters is 1. The number of halogens is 2. The highest BCUT2D eigenvalue weighted by Crippen LogP contribution is 2.31. The van der Waals surface area contributed by atoms with E-state index in [1.807, 2.05) is 42.1 Å². The van der Waals surface area contributed by atoms with Gasteiger partial charge >= 0.3 is 5.97 Å². The fraction of sp³-hybridized carbons (Fsp3) is 0.367. The van der Waals surface area contributed by atoms with E-state index in [4.69, 9.17) is 37.7 Å². The monoisotopic (exact) mass is 609 g/mol. The van der Waals surface area contributed by atoms with Gasteiger partial charge in [-0.25, -0.2) is 19.9 Å². The van der Waals surface area contributed by atoms with Crippen LogP contribution >= 0.6 is 23.2 Å². The second-order valence-electron chi connectivity index (χ2n) is 10.4. The molecule has 0 spiro atoms. The molecule has 1 saturated heterocycles. The maximum Gasteiger partial charge on any atom is 0.305 e. The summed E-state index contributed by atoms with van der Waals surface area (Å²) >= 11 is 12.6. The zero-order chi connectivity index (χ0) is 29.5. The number of pyridine rings is 1. The number of piperidine rings is 1. The van der Waals surface area contributed by atoms with Crippen molar-refractivity contribution in [2.45, 2.75) is 32.2 Å². The van der Waals surface area contributed by atoms with Crippen LogP contribution in [0, 0.1) is 5.92 Å². The number of benzene rings is 1. The minimum Gasteiger partial charge on any atom is -0.469 e. The molecule has 12 heteroatoms. The van der Waals surface area contributed by atoms with Gasteiger partial charge in [-0.15, -0.1) is 0 Å². The molecule has 220 valence electrons. The van der Waals surface area contributed by atoms with Crippen molar-refractivity contribution >= 4 is 35.1 Å². The molecule has 5 rings (SSSR count). The van der Waals surface area contributed by atoms with Crippen molar-refractivity contribution in [1.29, 1.82) is 0 Å². The molecule has 0 unspecified atom stereocenters. The number of rotatable bonds is 11. The Balaban J connectivity index is 1.28. The van der Waals surface area contributed by atoms with Crippen LogP contribution in [0.15, 0.2) is 55.2 Å². The summed E-state index contributed by atoms with van der Waals surface area (Å²) < 4.78 is 13.0. The summed E-state index contributed by atoms with van der Waals surface area (Å²) in [6, 6.07) is 9.31. The molecule has 0 radical (unpaired) electrons. The van der Waals surface area contributed by atoms with Crippen molar-refractivity contribution in [1.82, 2.24) is 29.4 Å². The number of ether oxygens (including phenoxy) is 2. The van der Waals surface area contributed by atoms with E-state index < -0.39 is 0 Å². The first-order valence-corrected chi connectivity index (χ1v) is 14.6. The predicted molar refractivity (Wildman–Crippen MR) is 162 cm³/mol. The van der Waals surface area contributed by atoms with E-state index in [0.29, 0.717) is 58.7 Å². The highest BCUT2D eigenvalue weighted by molar-refractivity contribution is 6.35. The van der Waals surface area contributed by atoms with Crippen LogP contribution in [0.5, 0.6) is 11.6 Å². The Labute approximate surface area is 255 Å². The number of nitrogens with one attached hydrogen (secondary N) is 1. The Kier molecular flexibility index (Phi) is 9.89. The number of hydrogen-bond acceptors (Lipinski definition) is 9. The number of nitrogens with zero attached hydrogens (tertiary/aromatic N) is 6. The molecule has 4 heterocycles. The lowest BCUT2D eigenvalue weighted by Gasteiger charge is -2.31. The van der Waals surface area contributed by atoms with Gasteiger partial charge in [0.05, 0.1) is 31.5 Å². The Morgan fingerprint density at radius 3 is 2.45 bits per heavy atom. The van der Waals surface area contributed by atoms with Crippen molar-refractivity contribution in [3.05, 3.63) is 76.6 Å². The summed E-state index contributed by atoms with van der Waals surface area (Å²) in [5, 5.41) is 4.28. The van der Waals surface area contributed by atoms with Gasteiger partial charge in [0.15, 0.2) is 5.75 Å². The number of carbonyl (C=O) groups excluding carboxylic acids is 1.